The molecule has 2 amide bonds. The van der Waals surface area contributed by atoms with Crippen molar-refractivity contribution >= 4 is 34.4 Å². The molecule has 0 aliphatic carbocycles. The molecule has 3 aromatic rings. The zero-order chi connectivity index (χ0) is 19.3. The number of urea groups is 1. The van der Waals surface area contributed by atoms with Crippen LogP contribution in [0.5, 0.6) is 0 Å². The highest BCUT2D eigenvalue weighted by Crippen LogP contribution is 2.31. The minimum absolute atomic E-state index is 0.358. The van der Waals surface area contributed by atoms with E-state index in [-0.39, 0.29) is 6.03 Å². The fraction of sp³-hybridized carbons (Fsp3) is 0.217. The molecule has 1 aliphatic heterocycles. The molecule has 0 aromatic heterocycles. The van der Waals surface area contributed by atoms with Gasteiger partial charge in [0.1, 0.15) is 0 Å². The molecule has 5 nitrogen and oxygen atoms in total. The van der Waals surface area contributed by atoms with Crippen LogP contribution in [0.2, 0.25) is 0 Å². The van der Waals surface area contributed by atoms with Gasteiger partial charge in [-0.25, -0.2) is 10.2 Å². The van der Waals surface area contributed by atoms with E-state index in [1.54, 1.807) is 6.21 Å². The normalized spacial score (nSPS) is 14.0. The van der Waals surface area contributed by atoms with E-state index in [9.17, 15) is 4.79 Å². The molecule has 0 bridgehead atoms. The van der Waals surface area contributed by atoms with E-state index in [0.29, 0.717) is 0 Å². The topological polar surface area (TPSA) is 56.7 Å². The average molecular weight is 372 g/mol. The Balaban J connectivity index is 1.51. The minimum atomic E-state index is -0.358. The molecule has 1 aliphatic rings. The number of para-hydroxylation sites is 1. The average Bonchev–Trinajstić information content (AvgIpc) is 3.24. The van der Waals surface area contributed by atoms with Crippen LogP contribution in [-0.4, -0.2) is 25.3 Å². The lowest BCUT2D eigenvalue weighted by Gasteiger charge is -2.20. The van der Waals surface area contributed by atoms with Crippen LogP contribution >= 0.6 is 0 Å². The van der Waals surface area contributed by atoms with Crippen molar-refractivity contribution in [3.63, 3.8) is 0 Å². The van der Waals surface area contributed by atoms with Crippen LogP contribution in [0.4, 0.5) is 16.2 Å². The fourth-order valence-electron chi connectivity index (χ4n) is 3.68. The van der Waals surface area contributed by atoms with Crippen molar-refractivity contribution in [2.24, 2.45) is 5.10 Å². The van der Waals surface area contributed by atoms with E-state index < -0.39 is 0 Å². The largest absolute Gasteiger partial charge is 0.371 e. The lowest BCUT2D eigenvalue weighted by Crippen LogP contribution is -2.24. The van der Waals surface area contributed by atoms with Gasteiger partial charge >= 0.3 is 6.03 Å². The Morgan fingerprint density at radius 1 is 0.964 bits per heavy atom. The van der Waals surface area contributed by atoms with Crippen LogP contribution in [0.25, 0.3) is 10.8 Å². The Morgan fingerprint density at radius 2 is 1.68 bits per heavy atom. The first-order valence-electron chi connectivity index (χ1n) is 9.65. The summed E-state index contributed by atoms with van der Waals surface area (Å²) in [5.74, 6) is 0. The molecule has 0 radical (unpaired) electrons. The number of hydrogen-bond acceptors (Lipinski definition) is 3. The summed E-state index contributed by atoms with van der Waals surface area (Å²) in [5.41, 5.74) is 6.58. The standard InChI is InChI=1S/C23H24N4O/c1-17-8-2-5-11-21(17)25-23(28)26-24-16-18-12-13-22(27-14-6-7-15-27)20-10-4-3-9-19(18)20/h2-5,8-13,16H,6-7,14-15H2,1H3,(H2,25,26,28). The first-order chi connectivity index (χ1) is 13.7. The van der Waals surface area contributed by atoms with Gasteiger partial charge in [0.25, 0.3) is 0 Å². The SMILES string of the molecule is Cc1ccccc1NC(=O)NN=Cc1ccc(N2CCCC2)c2ccccc12. The summed E-state index contributed by atoms with van der Waals surface area (Å²) in [7, 11) is 0. The quantitative estimate of drug-likeness (QED) is 0.505. The van der Waals surface area contributed by atoms with Gasteiger partial charge in [-0.05, 0) is 42.8 Å². The number of fused-ring (bicyclic) bond motifs is 1. The molecule has 1 saturated heterocycles. The van der Waals surface area contributed by atoms with Gasteiger partial charge < -0.3 is 10.2 Å². The second-order valence-corrected chi connectivity index (χ2v) is 7.05. The number of nitrogens with one attached hydrogen (secondary N) is 2. The number of anilines is 2. The number of carbonyl (C=O) groups is 1. The third-order valence-electron chi connectivity index (χ3n) is 5.14. The summed E-state index contributed by atoms with van der Waals surface area (Å²) in [6.45, 7) is 4.17. The smallest absolute Gasteiger partial charge is 0.339 e. The second kappa shape index (κ2) is 8.13. The number of benzene rings is 3. The molecule has 2 N–H and O–H groups in total. The van der Waals surface area contributed by atoms with E-state index in [0.717, 1.165) is 35.3 Å². The predicted octanol–water partition coefficient (Wildman–Crippen LogP) is 4.90. The molecule has 0 saturated carbocycles. The van der Waals surface area contributed by atoms with Crippen LogP contribution in [0.3, 0.4) is 0 Å². The van der Waals surface area contributed by atoms with Crippen molar-refractivity contribution < 1.29 is 4.79 Å². The summed E-state index contributed by atoms with van der Waals surface area (Å²) < 4.78 is 0. The lowest BCUT2D eigenvalue weighted by atomic mass is 10.0. The van der Waals surface area contributed by atoms with E-state index in [1.165, 1.54) is 23.9 Å². The molecule has 28 heavy (non-hydrogen) atoms. The molecule has 5 heteroatoms. The Morgan fingerprint density at radius 3 is 2.46 bits per heavy atom. The molecule has 3 aromatic carbocycles. The molecule has 1 fully saturated rings. The van der Waals surface area contributed by atoms with Gasteiger partial charge in [-0.1, -0.05) is 48.5 Å². The van der Waals surface area contributed by atoms with Gasteiger partial charge in [0.05, 0.1) is 6.21 Å². The van der Waals surface area contributed by atoms with E-state index in [1.807, 2.05) is 37.3 Å². The lowest BCUT2D eigenvalue weighted by molar-refractivity contribution is 0.252. The third-order valence-corrected chi connectivity index (χ3v) is 5.14. The number of rotatable bonds is 4. The highest BCUT2D eigenvalue weighted by atomic mass is 16.2. The van der Waals surface area contributed by atoms with Gasteiger partial charge in [0.15, 0.2) is 0 Å². The van der Waals surface area contributed by atoms with Crippen LogP contribution in [0.1, 0.15) is 24.0 Å². The molecule has 0 unspecified atom stereocenters. The Hall–Kier alpha value is -3.34. The molecule has 0 spiro atoms. The minimum Gasteiger partial charge on any atom is -0.371 e. The summed E-state index contributed by atoms with van der Waals surface area (Å²) in [4.78, 5) is 14.5. The van der Waals surface area contributed by atoms with Gasteiger partial charge in [0, 0.05) is 35.4 Å². The van der Waals surface area contributed by atoms with Crippen LogP contribution in [0.15, 0.2) is 65.8 Å². The van der Waals surface area contributed by atoms with E-state index in [4.69, 9.17) is 0 Å². The van der Waals surface area contributed by atoms with Crippen LogP contribution in [0, 0.1) is 6.92 Å². The maximum atomic E-state index is 12.1. The molecular formula is C23H24N4O. The van der Waals surface area contributed by atoms with Gasteiger partial charge in [-0.2, -0.15) is 5.10 Å². The summed E-state index contributed by atoms with van der Waals surface area (Å²) in [6.07, 6.45) is 4.20. The Labute approximate surface area is 165 Å². The maximum absolute atomic E-state index is 12.1. The molecule has 4 rings (SSSR count). The van der Waals surface area contributed by atoms with Crippen molar-refractivity contribution in [1.82, 2.24) is 5.43 Å². The number of hydrazone groups is 1. The first kappa shape index (κ1) is 18.0. The summed E-state index contributed by atoms with van der Waals surface area (Å²) in [6, 6.07) is 19.9. The van der Waals surface area contributed by atoms with Gasteiger partial charge in [-0.15, -0.1) is 0 Å². The van der Waals surface area contributed by atoms with Crippen molar-refractivity contribution in [2.45, 2.75) is 19.8 Å². The second-order valence-electron chi connectivity index (χ2n) is 7.05. The maximum Gasteiger partial charge on any atom is 0.339 e. The van der Waals surface area contributed by atoms with Gasteiger partial charge in [-0.3, -0.25) is 0 Å². The Bertz CT molecular complexity index is 1020. The summed E-state index contributed by atoms with van der Waals surface area (Å²) >= 11 is 0. The Kier molecular flexibility index (Phi) is 5.24. The highest BCUT2D eigenvalue weighted by molar-refractivity contribution is 6.05. The van der Waals surface area contributed by atoms with E-state index >= 15 is 0 Å². The molecular weight excluding hydrogens is 348 g/mol. The number of amides is 2. The zero-order valence-electron chi connectivity index (χ0n) is 16.0. The summed E-state index contributed by atoms with van der Waals surface area (Å²) in [5, 5.41) is 9.31. The van der Waals surface area contributed by atoms with Gasteiger partial charge in [0.2, 0.25) is 0 Å². The van der Waals surface area contributed by atoms with E-state index in [2.05, 4.69) is 51.1 Å². The number of carbonyl (C=O) groups excluding carboxylic acids is 1. The monoisotopic (exact) mass is 372 g/mol. The number of nitrogens with zero attached hydrogens (tertiary/aromatic N) is 2. The van der Waals surface area contributed by atoms with Crippen molar-refractivity contribution in [2.75, 3.05) is 23.3 Å². The highest BCUT2D eigenvalue weighted by Gasteiger charge is 2.15. The fourth-order valence-corrected chi connectivity index (χ4v) is 3.68. The van der Waals surface area contributed by atoms with Crippen molar-refractivity contribution in [3.05, 3.63) is 71.8 Å². The van der Waals surface area contributed by atoms with Crippen molar-refractivity contribution in [3.8, 4) is 0 Å². The number of aryl methyl sites for hydroxylation is 1. The van der Waals surface area contributed by atoms with Crippen molar-refractivity contribution in [1.29, 1.82) is 0 Å². The molecule has 142 valence electrons. The molecule has 1 heterocycles. The molecule has 0 atom stereocenters. The predicted molar refractivity (Wildman–Crippen MR) is 116 cm³/mol. The van der Waals surface area contributed by atoms with Crippen LogP contribution < -0.4 is 15.6 Å². The zero-order valence-corrected chi connectivity index (χ0v) is 16.0. The number of hydrogen-bond donors (Lipinski definition) is 2. The third kappa shape index (κ3) is 3.83. The first-order valence-corrected chi connectivity index (χ1v) is 9.65. The van der Waals surface area contributed by atoms with Crippen LogP contribution in [-0.2, 0) is 0 Å².